The summed E-state index contributed by atoms with van der Waals surface area (Å²) in [7, 11) is 5.92. The Morgan fingerprint density at radius 1 is 1.39 bits per heavy atom. The molecule has 0 aromatic carbocycles. The van der Waals surface area contributed by atoms with Crippen molar-refractivity contribution in [3.63, 3.8) is 0 Å². The third-order valence-electron chi connectivity index (χ3n) is 5.87. The van der Waals surface area contributed by atoms with E-state index in [4.69, 9.17) is 5.73 Å². The average molecular weight is 437 g/mol. The van der Waals surface area contributed by atoms with Gasteiger partial charge in [0, 0.05) is 43.5 Å². The standard InChI is InChI=1S/C21H30F2N6O2/c1-25-11-13-10-15(28(2)3)6-9-18(13)29-12-17(19(24)30)20(27-29)26-14-4-7-16(8-5-14)31-21(22)23/h4,7,11-13,15,18,21H,5-6,8-10H2,1-3H3,(H2,24,30)(H,26,27)/b25-11-/t13-,15-,18+/m1/s1. The van der Waals surface area contributed by atoms with E-state index in [2.05, 4.69) is 39.1 Å². The first kappa shape index (κ1) is 22.9. The Morgan fingerprint density at radius 3 is 2.74 bits per heavy atom. The molecule has 0 aliphatic heterocycles. The molecule has 10 heteroatoms. The first-order valence-corrected chi connectivity index (χ1v) is 10.4. The summed E-state index contributed by atoms with van der Waals surface area (Å²) in [6.07, 6.45) is 10.5. The van der Waals surface area contributed by atoms with Crippen molar-refractivity contribution < 1.29 is 18.3 Å². The smallest absolute Gasteiger partial charge is 0.387 e. The van der Waals surface area contributed by atoms with Gasteiger partial charge >= 0.3 is 6.61 Å². The van der Waals surface area contributed by atoms with Gasteiger partial charge in [-0.1, -0.05) is 0 Å². The van der Waals surface area contributed by atoms with Crippen LogP contribution in [0.3, 0.4) is 0 Å². The Balaban J connectivity index is 1.81. The molecule has 170 valence electrons. The van der Waals surface area contributed by atoms with Gasteiger partial charge in [-0.2, -0.15) is 13.9 Å². The first-order chi connectivity index (χ1) is 14.8. The maximum Gasteiger partial charge on any atom is 0.387 e. The number of carbonyl (C=O) groups excluding carboxylic acids is 1. The summed E-state index contributed by atoms with van der Waals surface area (Å²) >= 11 is 0. The minimum Gasteiger partial charge on any atom is -0.439 e. The summed E-state index contributed by atoms with van der Waals surface area (Å²) in [4.78, 5) is 18.5. The number of hydrogen-bond acceptors (Lipinski definition) is 6. The number of aromatic nitrogens is 2. The van der Waals surface area contributed by atoms with Crippen LogP contribution >= 0.6 is 0 Å². The Labute approximate surface area is 180 Å². The van der Waals surface area contributed by atoms with E-state index < -0.39 is 12.5 Å². The zero-order valence-corrected chi connectivity index (χ0v) is 18.1. The van der Waals surface area contributed by atoms with Crippen LogP contribution in [0.15, 0.2) is 34.8 Å². The van der Waals surface area contributed by atoms with Crippen LogP contribution in [0, 0.1) is 5.92 Å². The predicted octanol–water partition coefficient (Wildman–Crippen LogP) is 3.17. The number of alkyl halides is 2. The lowest BCUT2D eigenvalue weighted by Gasteiger charge is -2.37. The highest BCUT2D eigenvalue weighted by molar-refractivity contribution is 5.97. The van der Waals surface area contributed by atoms with Gasteiger partial charge in [0.1, 0.15) is 11.3 Å². The summed E-state index contributed by atoms with van der Waals surface area (Å²) in [6, 6.07) is 0.534. The van der Waals surface area contributed by atoms with E-state index in [9.17, 15) is 13.6 Å². The fourth-order valence-electron chi connectivity index (χ4n) is 4.24. The largest absolute Gasteiger partial charge is 0.439 e. The number of hydrogen-bond donors (Lipinski definition) is 2. The van der Waals surface area contributed by atoms with E-state index in [1.165, 1.54) is 6.08 Å². The fourth-order valence-corrected chi connectivity index (χ4v) is 4.24. The molecule has 2 aliphatic rings. The van der Waals surface area contributed by atoms with Gasteiger partial charge in [-0.15, -0.1) is 0 Å². The molecule has 0 spiro atoms. The number of amides is 1. The van der Waals surface area contributed by atoms with Gasteiger partial charge in [0.15, 0.2) is 5.82 Å². The minimum absolute atomic E-state index is 0.0693. The number of rotatable bonds is 8. The zero-order chi connectivity index (χ0) is 22.5. The average Bonchev–Trinajstić information content (AvgIpc) is 3.13. The van der Waals surface area contributed by atoms with Crippen LogP contribution < -0.4 is 11.1 Å². The minimum atomic E-state index is -2.84. The summed E-state index contributed by atoms with van der Waals surface area (Å²) in [5, 5.41) is 7.77. The molecule has 2 aliphatic carbocycles. The number of halogens is 2. The highest BCUT2D eigenvalue weighted by Crippen LogP contribution is 2.35. The van der Waals surface area contributed by atoms with Crippen molar-refractivity contribution in [2.45, 2.75) is 50.8 Å². The van der Waals surface area contributed by atoms with Crippen molar-refractivity contribution in [1.29, 1.82) is 0 Å². The Hall–Kier alpha value is -2.75. The predicted molar refractivity (Wildman–Crippen MR) is 115 cm³/mol. The third-order valence-corrected chi connectivity index (χ3v) is 5.87. The molecule has 3 rings (SSSR count). The van der Waals surface area contributed by atoms with Gasteiger partial charge in [0.05, 0.1) is 6.04 Å². The normalized spacial score (nSPS) is 24.4. The summed E-state index contributed by atoms with van der Waals surface area (Å²) in [5.41, 5.74) is 6.64. The maximum absolute atomic E-state index is 12.4. The number of aliphatic imine (C=N–C) groups is 1. The van der Waals surface area contributed by atoms with Crippen molar-refractivity contribution in [2.24, 2.45) is 16.6 Å². The van der Waals surface area contributed by atoms with Gasteiger partial charge in [0.2, 0.25) is 0 Å². The van der Waals surface area contributed by atoms with Crippen LogP contribution in [-0.4, -0.2) is 60.6 Å². The van der Waals surface area contributed by atoms with Crippen LogP contribution in [0.2, 0.25) is 0 Å². The molecule has 0 saturated heterocycles. The zero-order valence-electron chi connectivity index (χ0n) is 18.1. The second-order valence-electron chi connectivity index (χ2n) is 8.13. The van der Waals surface area contributed by atoms with Crippen LogP contribution in [0.1, 0.15) is 48.5 Å². The molecule has 1 aromatic rings. The molecule has 8 nitrogen and oxygen atoms in total. The molecule has 1 saturated carbocycles. The van der Waals surface area contributed by atoms with Gasteiger partial charge in [-0.05, 0) is 51.9 Å². The summed E-state index contributed by atoms with van der Waals surface area (Å²) in [5.74, 6) is 0.198. The number of nitrogens with zero attached hydrogens (tertiary/aromatic N) is 4. The third kappa shape index (κ3) is 5.69. The van der Waals surface area contributed by atoms with Crippen LogP contribution in [-0.2, 0) is 4.74 Å². The molecule has 1 aromatic heterocycles. The van der Waals surface area contributed by atoms with Crippen molar-refractivity contribution in [3.8, 4) is 0 Å². The lowest BCUT2D eigenvalue weighted by atomic mass is 9.81. The van der Waals surface area contributed by atoms with E-state index in [0.717, 1.165) is 25.0 Å². The molecular formula is C21H30F2N6O2. The van der Waals surface area contributed by atoms with E-state index in [1.807, 2.05) is 10.9 Å². The molecule has 1 fully saturated rings. The van der Waals surface area contributed by atoms with Crippen molar-refractivity contribution >= 4 is 17.9 Å². The molecule has 0 bridgehead atoms. The second-order valence-corrected chi connectivity index (χ2v) is 8.13. The van der Waals surface area contributed by atoms with Crippen LogP contribution in [0.5, 0.6) is 0 Å². The highest BCUT2D eigenvalue weighted by Gasteiger charge is 2.33. The number of allylic oxidation sites excluding steroid dienone is 4. The van der Waals surface area contributed by atoms with Gasteiger partial charge in [-0.25, -0.2) is 0 Å². The van der Waals surface area contributed by atoms with Crippen molar-refractivity contribution in [2.75, 3.05) is 26.5 Å². The van der Waals surface area contributed by atoms with Crippen LogP contribution in [0.25, 0.3) is 0 Å². The fraction of sp³-hybridized carbons (Fsp3) is 0.571. The lowest BCUT2D eigenvalue weighted by molar-refractivity contribution is -0.0985. The number of carbonyl (C=O) groups is 1. The Morgan fingerprint density at radius 2 is 2.16 bits per heavy atom. The SMILES string of the molecule is C/N=C\[C@H]1C[C@H](N(C)C)CC[C@@H]1n1cc(C(N)=O)c(NC2=CC=C(OC(F)F)CC2)n1. The highest BCUT2D eigenvalue weighted by atomic mass is 19.3. The first-order valence-electron chi connectivity index (χ1n) is 10.4. The molecule has 0 unspecified atom stereocenters. The van der Waals surface area contributed by atoms with Crippen molar-refractivity contribution in [1.82, 2.24) is 14.7 Å². The lowest BCUT2D eigenvalue weighted by Crippen LogP contribution is -2.38. The summed E-state index contributed by atoms with van der Waals surface area (Å²) in [6.45, 7) is -2.84. The second kappa shape index (κ2) is 10.0. The van der Waals surface area contributed by atoms with Crippen molar-refractivity contribution in [3.05, 3.63) is 35.4 Å². The van der Waals surface area contributed by atoms with Gasteiger partial charge in [0.25, 0.3) is 5.91 Å². The molecular weight excluding hydrogens is 406 g/mol. The molecule has 3 atom stereocenters. The van der Waals surface area contributed by atoms with Gasteiger partial charge < -0.3 is 25.7 Å². The Bertz CT molecular complexity index is 877. The van der Waals surface area contributed by atoms with Gasteiger partial charge in [-0.3, -0.25) is 9.48 Å². The quantitative estimate of drug-likeness (QED) is 0.610. The number of nitrogens with one attached hydrogen (secondary N) is 1. The Kier molecular flexibility index (Phi) is 7.42. The van der Waals surface area contributed by atoms with Crippen LogP contribution in [0.4, 0.5) is 14.6 Å². The van der Waals surface area contributed by atoms with E-state index in [1.54, 1.807) is 19.3 Å². The molecule has 3 N–H and O–H groups in total. The number of ether oxygens (including phenoxy) is 1. The van der Waals surface area contributed by atoms with E-state index in [-0.39, 0.29) is 17.7 Å². The molecule has 1 heterocycles. The number of anilines is 1. The molecule has 0 radical (unpaired) electrons. The van der Waals surface area contributed by atoms with E-state index in [0.29, 0.717) is 30.3 Å². The topological polar surface area (TPSA) is 97.8 Å². The number of primary amides is 1. The van der Waals surface area contributed by atoms with E-state index >= 15 is 0 Å². The number of nitrogens with two attached hydrogens (primary N) is 1. The molecule has 31 heavy (non-hydrogen) atoms. The maximum atomic E-state index is 12.4. The monoisotopic (exact) mass is 436 g/mol. The summed E-state index contributed by atoms with van der Waals surface area (Å²) < 4.78 is 31.0. The molecule has 1 amide bonds.